The molecule has 0 saturated carbocycles. The van der Waals surface area contributed by atoms with E-state index in [0.29, 0.717) is 24.3 Å². The number of rotatable bonds is 3. The molecule has 2 atom stereocenters. The van der Waals surface area contributed by atoms with Gasteiger partial charge in [-0.05, 0) is 31.7 Å². The van der Waals surface area contributed by atoms with E-state index >= 15 is 0 Å². The number of nitrogens with zero attached hydrogens (tertiary/aromatic N) is 1. The Hall–Kier alpha value is -1.63. The average molecular weight is 310 g/mol. The third-order valence-electron chi connectivity index (χ3n) is 4.38. The molecule has 0 aliphatic carbocycles. The zero-order chi connectivity index (χ0) is 15.0. The predicted octanol–water partition coefficient (Wildman–Crippen LogP) is 0.928. The van der Waals surface area contributed by atoms with Crippen LogP contribution >= 0.6 is 0 Å². The summed E-state index contributed by atoms with van der Waals surface area (Å²) in [6.45, 7) is 0. The molecule has 0 aromatic carbocycles. The van der Waals surface area contributed by atoms with Crippen molar-refractivity contribution in [3.8, 4) is 5.88 Å². The number of ether oxygens (including phenoxy) is 1. The van der Waals surface area contributed by atoms with Crippen molar-refractivity contribution in [2.45, 2.75) is 42.2 Å². The first-order valence-electron chi connectivity index (χ1n) is 7.04. The largest absolute Gasteiger partial charge is 0.481 e. The Labute approximate surface area is 123 Å². The van der Waals surface area contributed by atoms with Gasteiger partial charge in [-0.15, -0.1) is 0 Å². The van der Waals surface area contributed by atoms with Crippen molar-refractivity contribution in [2.24, 2.45) is 0 Å². The van der Waals surface area contributed by atoms with Gasteiger partial charge in [-0.25, -0.2) is 13.4 Å². The molecule has 2 aliphatic heterocycles. The number of carbonyl (C=O) groups is 1. The number of methoxy groups -OCH3 is 1. The van der Waals surface area contributed by atoms with Gasteiger partial charge >= 0.3 is 0 Å². The monoisotopic (exact) mass is 310 g/mol. The van der Waals surface area contributed by atoms with Gasteiger partial charge in [0, 0.05) is 18.3 Å². The first-order valence-corrected chi connectivity index (χ1v) is 8.65. The molecule has 2 saturated heterocycles. The van der Waals surface area contributed by atoms with Crippen molar-refractivity contribution in [2.75, 3.05) is 7.11 Å². The highest BCUT2D eigenvalue weighted by Gasteiger charge is 2.47. The summed E-state index contributed by atoms with van der Waals surface area (Å²) in [6.07, 6.45) is 3.96. The summed E-state index contributed by atoms with van der Waals surface area (Å²) in [4.78, 5) is 16.2. The SMILES string of the molecule is COc1ccc(C(=O)NC2CC3CCC(C2)S3(=O)=O)cn1. The lowest BCUT2D eigenvalue weighted by Crippen LogP contribution is -2.45. The molecule has 2 unspecified atom stereocenters. The van der Waals surface area contributed by atoms with E-state index < -0.39 is 9.84 Å². The molecule has 1 amide bonds. The van der Waals surface area contributed by atoms with Gasteiger partial charge in [0.1, 0.15) is 0 Å². The molecular weight excluding hydrogens is 292 g/mol. The zero-order valence-corrected chi connectivity index (χ0v) is 12.6. The van der Waals surface area contributed by atoms with Crippen LogP contribution in [0.1, 0.15) is 36.0 Å². The molecule has 1 aromatic rings. The van der Waals surface area contributed by atoms with Gasteiger partial charge in [-0.1, -0.05) is 0 Å². The topological polar surface area (TPSA) is 85.4 Å². The molecule has 6 nitrogen and oxygen atoms in total. The number of amides is 1. The third kappa shape index (κ3) is 2.62. The normalized spacial score (nSPS) is 29.9. The summed E-state index contributed by atoms with van der Waals surface area (Å²) in [5, 5.41) is 2.36. The molecule has 1 N–H and O–H groups in total. The van der Waals surface area contributed by atoms with E-state index in [4.69, 9.17) is 4.74 Å². The highest BCUT2D eigenvalue weighted by atomic mass is 32.2. The maximum atomic E-state index is 12.2. The number of hydrogen-bond acceptors (Lipinski definition) is 5. The summed E-state index contributed by atoms with van der Waals surface area (Å²) in [5.74, 6) is 0.238. The fourth-order valence-electron chi connectivity index (χ4n) is 3.23. The second kappa shape index (κ2) is 5.29. The quantitative estimate of drug-likeness (QED) is 0.897. The molecule has 0 radical (unpaired) electrons. The van der Waals surface area contributed by atoms with Gasteiger partial charge in [0.05, 0.1) is 23.2 Å². The number of sulfone groups is 1. The maximum absolute atomic E-state index is 12.2. The number of aromatic nitrogens is 1. The molecule has 21 heavy (non-hydrogen) atoms. The molecule has 0 spiro atoms. The summed E-state index contributed by atoms with van der Waals surface area (Å²) < 4.78 is 29.0. The first kappa shape index (κ1) is 14.3. The number of nitrogens with one attached hydrogen (secondary N) is 1. The Bertz CT molecular complexity index is 621. The van der Waals surface area contributed by atoms with Crippen LogP contribution in [0.25, 0.3) is 0 Å². The minimum Gasteiger partial charge on any atom is -0.481 e. The van der Waals surface area contributed by atoms with E-state index in [-0.39, 0.29) is 22.4 Å². The van der Waals surface area contributed by atoms with Crippen molar-refractivity contribution < 1.29 is 17.9 Å². The lowest BCUT2D eigenvalue weighted by atomic mass is 10.1. The number of carbonyl (C=O) groups excluding carboxylic acids is 1. The van der Waals surface area contributed by atoms with Gasteiger partial charge in [-0.3, -0.25) is 4.79 Å². The first-order chi connectivity index (χ1) is 10.0. The molecule has 2 bridgehead atoms. The predicted molar refractivity (Wildman–Crippen MR) is 77.0 cm³/mol. The second-order valence-corrected chi connectivity index (χ2v) is 8.15. The number of pyridine rings is 1. The van der Waals surface area contributed by atoms with E-state index in [0.717, 1.165) is 12.8 Å². The Morgan fingerprint density at radius 3 is 2.48 bits per heavy atom. The van der Waals surface area contributed by atoms with Crippen molar-refractivity contribution >= 4 is 15.7 Å². The van der Waals surface area contributed by atoms with Crippen LogP contribution in [0.4, 0.5) is 0 Å². The molecule has 1 aromatic heterocycles. The van der Waals surface area contributed by atoms with E-state index in [1.54, 1.807) is 12.1 Å². The lowest BCUT2D eigenvalue weighted by Gasteiger charge is -2.28. The van der Waals surface area contributed by atoms with E-state index in [9.17, 15) is 13.2 Å². The zero-order valence-electron chi connectivity index (χ0n) is 11.8. The molecule has 2 fully saturated rings. The fraction of sp³-hybridized carbons (Fsp3) is 0.571. The van der Waals surface area contributed by atoms with Crippen LogP contribution < -0.4 is 10.1 Å². The molecule has 3 heterocycles. The Morgan fingerprint density at radius 2 is 1.95 bits per heavy atom. The van der Waals surface area contributed by atoms with Gasteiger partial charge in [0.2, 0.25) is 5.88 Å². The third-order valence-corrected chi connectivity index (χ3v) is 7.09. The average Bonchev–Trinajstić information content (AvgIpc) is 2.67. The summed E-state index contributed by atoms with van der Waals surface area (Å²) in [5.41, 5.74) is 0.455. The van der Waals surface area contributed by atoms with Crippen LogP contribution in [0.5, 0.6) is 5.88 Å². The van der Waals surface area contributed by atoms with Crippen LogP contribution in [0.2, 0.25) is 0 Å². The van der Waals surface area contributed by atoms with Crippen molar-refractivity contribution in [1.29, 1.82) is 0 Å². The van der Waals surface area contributed by atoms with Crippen LogP contribution in [0.15, 0.2) is 18.3 Å². The Balaban J connectivity index is 1.66. The van der Waals surface area contributed by atoms with Crippen LogP contribution in [-0.4, -0.2) is 43.0 Å². The van der Waals surface area contributed by atoms with Gasteiger partial charge in [0.15, 0.2) is 9.84 Å². The standard InChI is InChI=1S/C14H18N2O4S/c1-20-13-5-2-9(8-15-13)14(17)16-10-6-11-3-4-12(7-10)21(11,18)19/h2,5,8,10-12H,3-4,6-7H2,1H3,(H,16,17). The van der Waals surface area contributed by atoms with Gasteiger partial charge in [0.25, 0.3) is 5.91 Å². The van der Waals surface area contributed by atoms with Crippen molar-refractivity contribution in [3.05, 3.63) is 23.9 Å². The minimum absolute atomic E-state index is 0.0689. The second-order valence-electron chi connectivity index (χ2n) is 5.64. The number of hydrogen-bond donors (Lipinski definition) is 1. The maximum Gasteiger partial charge on any atom is 0.253 e. The van der Waals surface area contributed by atoms with Gasteiger partial charge < -0.3 is 10.1 Å². The Kier molecular flexibility index (Phi) is 3.61. The molecule has 7 heteroatoms. The highest BCUT2D eigenvalue weighted by Crippen LogP contribution is 2.38. The smallest absolute Gasteiger partial charge is 0.253 e. The molecular formula is C14H18N2O4S. The van der Waals surface area contributed by atoms with Crippen molar-refractivity contribution in [1.82, 2.24) is 10.3 Å². The van der Waals surface area contributed by atoms with Gasteiger partial charge in [-0.2, -0.15) is 0 Å². The summed E-state index contributed by atoms with van der Waals surface area (Å²) >= 11 is 0. The lowest BCUT2D eigenvalue weighted by molar-refractivity contribution is 0.0932. The van der Waals surface area contributed by atoms with Crippen LogP contribution in [0, 0.1) is 0 Å². The summed E-state index contributed by atoms with van der Waals surface area (Å²) in [6, 6.07) is 3.21. The fourth-order valence-corrected chi connectivity index (χ4v) is 5.70. The minimum atomic E-state index is -2.95. The van der Waals surface area contributed by atoms with E-state index in [1.807, 2.05) is 0 Å². The van der Waals surface area contributed by atoms with Crippen LogP contribution in [0.3, 0.4) is 0 Å². The molecule has 114 valence electrons. The van der Waals surface area contributed by atoms with E-state index in [2.05, 4.69) is 10.3 Å². The van der Waals surface area contributed by atoms with Crippen molar-refractivity contribution in [3.63, 3.8) is 0 Å². The summed E-state index contributed by atoms with van der Waals surface area (Å²) in [7, 11) is -1.44. The highest BCUT2D eigenvalue weighted by molar-refractivity contribution is 7.93. The number of fused-ring (bicyclic) bond motifs is 2. The Morgan fingerprint density at radius 1 is 1.29 bits per heavy atom. The van der Waals surface area contributed by atoms with Crippen LogP contribution in [-0.2, 0) is 9.84 Å². The molecule has 3 rings (SSSR count). The molecule has 2 aliphatic rings. The van der Waals surface area contributed by atoms with E-state index in [1.165, 1.54) is 13.3 Å².